The minimum atomic E-state index is -0.143. The van der Waals surface area contributed by atoms with Crippen LogP contribution < -0.4 is 10.6 Å². The lowest BCUT2D eigenvalue weighted by Gasteiger charge is -2.32. The third-order valence-corrected chi connectivity index (χ3v) is 5.47. The largest absolute Gasteiger partial charge is 0.349 e. The van der Waals surface area contributed by atoms with Crippen molar-refractivity contribution in [3.8, 4) is 0 Å². The van der Waals surface area contributed by atoms with Crippen molar-refractivity contribution in [3.63, 3.8) is 0 Å². The minimum absolute atomic E-state index is 0.0263. The van der Waals surface area contributed by atoms with E-state index in [1.165, 1.54) is 0 Å². The van der Waals surface area contributed by atoms with Gasteiger partial charge in [0.1, 0.15) is 5.15 Å². The summed E-state index contributed by atoms with van der Waals surface area (Å²) in [4.78, 5) is 31.5. The van der Waals surface area contributed by atoms with Gasteiger partial charge in [-0.05, 0) is 37.1 Å². The van der Waals surface area contributed by atoms with Crippen LogP contribution in [0, 0.1) is 0 Å². The molecular weight excluding hydrogens is 400 g/mol. The highest BCUT2D eigenvalue weighted by Crippen LogP contribution is 2.21. The van der Waals surface area contributed by atoms with Crippen LogP contribution in [0.2, 0.25) is 5.15 Å². The maximum absolute atomic E-state index is 12.9. The molecule has 2 amide bonds. The molecule has 0 aliphatic carbocycles. The van der Waals surface area contributed by atoms with Gasteiger partial charge in [0.2, 0.25) is 5.91 Å². The van der Waals surface area contributed by atoms with E-state index in [1.807, 2.05) is 54.6 Å². The van der Waals surface area contributed by atoms with E-state index < -0.39 is 0 Å². The van der Waals surface area contributed by atoms with E-state index in [1.54, 1.807) is 6.07 Å². The van der Waals surface area contributed by atoms with Gasteiger partial charge in [0.15, 0.2) is 0 Å². The molecule has 0 atom stereocenters. The number of aromatic nitrogens is 1. The molecule has 0 bridgehead atoms. The fourth-order valence-electron chi connectivity index (χ4n) is 3.75. The number of benzene rings is 2. The van der Waals surface area contributed by atoms with Crippen molar-refractivity contribution in [3.05, 3.63) is 71.4 Å². The molecule has 3 aromatic rings. The predicted molar refractivity (Wildman–Crippen MR) is 119 cm³/mol. The average Bonchev–Trinajstić information content (AvgIpc) is 2.75. The normalized spacial score (nSPS) is 15.1. The predicted octanol–water partition coefficient (Wildman–Crippen LogP) is 3.72. The molecule has 6 nitrogen and oxygen atoms in total. The molecule has 1 saturated heterocycles. The second-order valence-corrected chi connectivity index (χ2v) is 7.84. The quantitative estimate of drug-likeness (QED) is 0.614. The van der Waals surface area contributed by atoms with Crippen LogP contribution in [-0.2, 0) is 4.79 Å². The zero-order chi connectivity index (χ0) is 20.9. The molecule has 2 heterocycles. The Bertz CT molecular complexity index is 1050. The van der Waals surface area contributed by atoms with E-state index in [0.29, 0.717) is 22.8 Å². The van der Waals surface area contributed by atoms with Crippen molar-refractivity contribution >= 4 is 40.0 Å². The molecule has 2 aromatic carbocycles. The molecule has 0 spiro atoms. The number of fused-ring (bicyclic) bond motifs is 1. The van der Waals surface area contributed by atoms with Gasteiger partial charge in [-0.25, -0.2) is 4.98 Å². The number of nitrogens with zero attached hydrogens (tertiary/aromatic N) is 2. The number of amides is 2. The van der Waals surface area contributed by atoms with Crippen LogP contribution in [0.3, 0.4) is 0 Å². The van der Waals surface area contributed by atoms with E-state index >= 15 is 0 Å². The summed E-state index contributed by atoms with van der Waals surface area (Å²) < 4.78 is 0. The maximum atomic E-state index is 12.9. The Balaban J connectivity index is 1.31. The Morgan fingerprint density at radius 1 is 1.03 bits per heavy atom. The Labute approximate surface area is 180 Å². The van der Waals surface area contributed by atoms with Crippen molar-refractivity contribution in [2.45, 2.75) is 18.9 Å². The Morgan fingerprint density at radius 3 is 2.50 bits per heavy atom. The van der Waals surface area contributed by atoms with Gasteiger partial charge in [-0.3, -0.25) is 14.5 Å². The first-order valence-corrected chi connectivity index (χ1v) is 10.4. The molecule has 2 N–H and O–H groups in total. The summed E-state index contributed by atoms with van der Waals surface area (Å²) >= 11 is 6.10. The van der Waals surface area contributed by atoms with Crippen molar-refractivity contribution in [1.29, 1.82) is 0 Å². The molecule has 0 radical (unpaired) electrons. The Morgan fingerprint density at radius 2 is 1.73 bits per heavy atom. The van der Waals surface area contributed by atoms with Crippen molar-refractivity contribution < 1.29 is 9.59 Å². The number of pyridine rings is 1. The number of piperidine rings is 1. The number of rotatable bonds is 5. The summed E-state index contributed by atoms with van der Waals surface area (Å²) in [7, 11) is 0. The number of para-hydroxylation sites is 2. The van der Waals surface area contributed by atoms with Crippen LogP contribution in [0.15, 0.2) is 60.7 Å². The zero-order valence-corrected chi connectivity index (χ0v) is 17.2. The number of hydrogen-bond donors (Lipinski definition) is 2. The minimum Gasteiger partial charge on any atom is -0.349 e. The number of likely N-dealkylation sites (tertiary alicyclic amines) is 1. The molecule has 0 unspecified atom stereocenters. The van der Waals surface area contributed by atoms with Gasteiger partial charge in [-0.15, -0.1) is 0 Å². The van der Waals surface area contributed by atoms with Crippen LogP contribution in [0.25, 0.3) is 10.9 Å². The first-order valence-electron chi connectivity index (χ1n) is 10.0. The molecule has 30 heavy (non-hydrogen) atoms. The summed E-state index contributed by atoms with van der Waals surface area (Å²) in [5.74, 6) is -0.169. The van der Waals surface area contributed by atoms with Crippen LogP contribution >= 0.6 is 11.6 Å². The molecule has 1 fully saturated rings. The molecule has 1 aliphatic heterocycles. The summed E-state index contributed by atoms with van der Waals surface area (Å²) in [6, 6.07) is 18.6. The Hall–Kier alpha value is -2.96. The lowest BCUT2D eigenvalue weighted by Crippen LogP contribution is -2.46. The SMILES string of the molecule is O=C(CN1CCC(NC(=O)c2cc(Cl)nc3ccccc23)CC1)Nc1ccccc1. The molecule has 4 rings (SSSR count). The molecule has 1 aromatic heterocycles. The van der Waals surface area contributed by atoms with E-state index in [9.17, 15) is 9.59 Å². The van der Waals surface area contributed by atoms with E-state index in [4.69, 9.17) is 11.6 Å². The molecule has 1 aliphatic rings. The van der Waals surface area contributed by atoms with Crippen molar-refractivity contribution in [1.82, 2.24) is 15.2 Å². The van der Waals surface area contributed by atoms with E-state index in [0.717, 1.165) is 37.0 Å². The van der Waals surface area contributed by atoms with Crippen LogP contribution in [0.5, 0.6) is 0 Å². The van der Waals surface area contributed by atoms with Crippen molar-refractivity contribution in [2.24, 2.45) is 0 Å². The molecular formula is C23H23ClN4O2. The molecule has 154 valence electrons. The van der Waals surface area contributed by atoms with Crippen LogP contribution in [-0.4, -0.2) is 47.4 Å². The second-order valence-electron chi connectivity index (χ2n) is 7.45. The number of carbonyl (C=O) groups is 2. The zero-order valence-electron chi connectivity index (χ0n) is 16.5. The number of nitrogens with one attached hydrogen (secondary N) is 2. The third kappa shape index (κ3) is 4.96. The lowest BCUT2D eigenvalue weighted by molar-refractivity contribution is -0.117. The summed E-state index contributed by atoms with van der Waals surface area (Å²) in [6.07, 6.45) is 1.59. The fraction of sp³-hybridized carbons (Fsp3) is 0.261. The summed E-state index contributed by atoms with van der Waals surface area (Å²) in [5, 5.41) is 7.11. The van der Waals surface area contributed by atoms with Gasteiger partial charge in [-0.1, -0.05) is 48.0 Å². The van der Waals surface area contributed by atoms with Crippen LogP contribution in [0.4, 0.5) is 5.69 Å². The highest BCUT2D eigenvalue weighted by atomic mass is 35.5. The van der Waals surface area contributed by atoms with Gasteiger partial charge < -0.3 is 10.6 Å². The number of anilines is 1. The highest BCUT2D eigenvalue weighted by Gasteiger charge is 2.23. The van der Waals surface area contributed by atoms with Gasteiger partial charge in [0.25, 0.3) is 5.91 Å². The monoisotopic (exact) mass is 422 g/mol. The average molecular weight is 423 g/mol. The first-order chi connectivity index (χ1) is 14.6. The topological polar surface area (TPSA) is 74.3 Å². The Kier molecular flexibility index (Phi) is 6.26. The fourth-order valence-corrected chi connectivity index (χ4v) is 3.95. The standard InChI is InChI=1S/C23H23ClN4O2/c24-21-14-19(18-8-4-5-9-20(18)27-21)23(30)26-17-10-12-28(13-11-17)15-22(29)25-16-6-2-1-3-7-16/h1-9,14,17H,10-13,15H2,(H,25,29)(H,26,30). The molecule has 7 heteroatoms. The third-order valence-electron chi connectivity index (χ3n) is 5.28. The number of carbonyl (C=O) groups excluding carboxylic acids is 2. The van der Waals surface area contributed by atoms with Gasteiger partial charge >= 0.3 is 0 Å². The van der Waals surface area contributed by atoms with E-state index in [2.05, 4.69) is 20.5 Å². The number of halogens is 1. The highest BCUT2D eigenvalue weighted by molar-refractivity contribution is 6.30. The van der Waals surface area contributed by atoms with Crippen LogP contribution in [0.1, 0.15) is 23.2 Å². The molecule has 0 saturated carbocycles. The van der Waals surface area contributed by atoms with Gasteiger partial charge in [0.05, 0.1) is 17.6 Å². The van der Waals surface area contributed by atoms with Gasteiger partial charge in [-0.2, -0.15) is 0 Å². The van der Waals surface area contributed by atoms with Crippen molar-refractivity contribution in [2.75, 3.05) is 25.0 Å². The summed E-state index contributed by atoms with van der Waals surface area (Å²) in [5.41, 5.74) is 2.04. The van der Waals surface area contributed by atoms with E-state index in [-0.39, 0.29) is 17.9 Å². The summed E-state index contributed by atoms with van der Waals surface area (Å²) in [6.45, 7) is 1.86. The lowest BCUT2D eigenvalue weighted by atomic mass is 10.0. The number of hydrogen-bond acceptors (Lipinski definition) is 4. The smallest absolute Gasteiger partial charge is 0.252 e. The van der Waals surface area contributed by atoms with Gasteiger partial charge in [0, 0.05) is 30.2 Å². The maximum Gasteiger partial charge on any atom is 0.252 e. The first kappa shape index (κ1) is 20.3. The second kappa shape index (κ2) is 9.24.